The van der Waals surface area contributed by atoms with Crippen LogP contribution in [0.4, 0.5) is 5.69 Å². The molecule has 1 rings (SSSR count). The Kier molecular flexibility index (Phi) is 4.82. The van der Waals surface area contributed by atoms with Crippen LogP contribution in [0.2, 0.25) is 0 Å². The van der Waals surface area contributed by atoms with Crippen molar-refractivity contribution in [2.45, 2.75) is 19.9 Å². The van der Waals surface area contributed by atoms with E-state index in [1.54, 1.807) is 13.8 Å². The molecule has 0 fully saturated rings. The Hall–Kier alpha value is -2.41. The molecule has 0 aliphatic heterocycles. The minimum absolute atomic E-state index is 0.111. The SMILES string of the molecule is CC(N)C(C)C(=O)Nc1cc(C(=O)O)cc(C(=O)O)c1. The van der Waals surface area contributed by atoms with Gasteiger partial charge < -0.3 is 21.3 Å². The molecule has 2 unspecified atom stereocenters. The summed E-state index contributed by atoms with van der Waals surface area (Å²) in [7, 11) is 0. The molecule has 0 aromatic heterocycles. The monoisotopic (exact) mass is 280 g/mol. The van der Waals surface area contributed by atoms with Crippen molar-refractivity contribution < 1.29 is 24.6 Å². The van der Waals surface area contributed by atoms with E-state index in [4.69, 9.17) is 15.9 Å². The Morgan fingerprint density at radius 3 is 1.85 bits per heavy atom. The maximum absolute atomic E-state index is 11.8. The highest BCUT2D eigenvalue weighted by Crippen LogP contribution is 2.17. The first kappa shape index (κ1) is 15.6. The minimum Gasteiger partial charge on any atom is -0.478 e. The average molecular weight is 280 g/mol. The fourth-order valence-corrected chi connectivity index (χ4v) is 1.44. The minimum atomic E-state index is -1.27. The second kappa shape index (κ2) is 6.16. The summed E-state index contributed by atoms with van der Waals surface area (Å²) in [5.41, 5.74) is 5.28. The number of carboxylic acid groups (broad SMARTS) is 2. The lowest BCUT2D eigenvalue weighted by atomic mass is 10.0. The number of amides is 1. The molecular formula is C13H16N2O5. The van der Waals surface area contributed by atoms with Crippen LogP contribution in [0.5, 0.6) is 0 Å². The Labute approximate surface area is 115 Å². The van der Waals surface area contributed by atoms with Gasteiger partial charge in [-0.1, -0.05) is 6.92 Å². The van der Waals surface area contributed by atoms with Crippen LogP contribution in [0.1, 0.15) is 34.6 Å². The molecule has 1 aromatic rings. The Balaban J connectivity index is 3.09. The van der Waals surface area contributed by atoms with E-state index in [0.717, 1.165) is 6.07 Å². The zero-order valence-electron chi connectivity index (χ0n) is 11.1. The molecule has 0 spiro atoms. The normalized spacial score (nSPS) is 13.3. The number of nitrogens with one attached hydrogen (secondary N) is 1. The summed E-state index contributed by atoms with van der Waals surface area (Å²) in [5, 5.41) is 20.3. The Morgan fingerprint density at radius 2 is 1.50 bits per heavy atom. The van der Waals surface area contributed by atoms with Crippen LogP contribution in [0.15, 0.2) is 18.2 Å². The summed E-state index contributed by atoms with van der Waals surface area (Å²) < 4.78 is 0. The molecule has 0 bridgehead atoms. The lowest BCUT2D eigenvalue weighted by Gasteiger charge is -2.15. The van der Waals surface area contributed by atoms with E-state index in [2.05, 4.69) is 5.32 Å². The Bertz CT molecular complexity index is 521. The fraction of sp³-hybridized carbons (Fsp3) is 0.308. The van der Waals surface area contributed by atoms with Gasteiger partial charge in [0.25, 0.3) is 0 Å². The highest BCUT2D eigenvalue weighted by atomic mass is 16.4. The molecule has 0 aliphatic carbocycles. The first-order valence-electron chi connectivity index (χ1n) is 5.90. The molecule has 0 saturated carbocycles. The highest BCUT2D eigenvalue weighted by molar-refractivity contribution is 5.99. The van der Waals surface area contributed by atoms with Crippen molar-refractivity contribution in [3.63, 3.8) is 0 Å². The number of hydrogen-bond donors (Lipinski definition) is 4. The summed E-state index contributed by atoms with van der Waals surface area (Å²) in [6.45, 7) is 3.29. The summed E-state index contributed by atoms with van der Waals surface area (Å²) in [5.74, 6) is -3.44. The molecule has 1 aromatic carbocycles. The van der Waals surface area contributed by atoms with Crippen LogP contribution in [-0.4, -0.2) is 34.1 Å². The van der Waals surface area contributed by atoms with Crippen molar-refractivity contribution in [2.75, 3.05) is 5.32 Å². The number of nitrogens with two attached hydrogens (primary N) is 1. The van der Waals surface area contributed by atoms with Crippen LogP contribution in [0.3, 0.4) is 0 Å². The molecule has 7 nitrogen and oxygen atoms in total. The van der Waals surface area contributed by atoms with E-state index in [0.29, 0.717) is 0 Å². The number of hydrogen-bond acceptors (Lipinski definition) is 4. The van der Waals surface area contributed by atoms with Gasteiger partial charge in [0.1, 0.15) is 0 Å². The standard InChI is InChI=1S/C13H16N2O5/c1-6(7(2)14)11(16)15-10-4-8(12(17)18)3-9(5-10)13(19)20/h3-7H,14H2,1-2H3,(H,15,16)(H,17,18)(H,19,20). The molecule has 1 amide bonds. The van der Waals surface area contributed by atoms with Gasteiger partial charge >= 0.3 is 11.9 Å². The van der Waals surface area contributed by atoms with Crippen molar-refractivity contribution in [3.05, 3.63) is 29.3 Å². The molecule has 2 atom stereocenters. The summed E-state index contributed by atoms with van der Waals surface area (Å²) in [6, 6.07) is 3.04. The first-order chi connectivity index (χ1) is 9.22. The van der Waals surface area contributed by atoms with Gasteiger partial charge in [-0.2, -0.15) is 0 Å². The molecule has 20 heavy (non-hydrogen) atoms. The molecule has 7 heteroatoms. The molecular weight excluding hydrogens is 264 g/mol. The molecule has 5 N–H and O–H groups in total. The average Bonchev–Trinajstić information content (AvgIpc) is 2.36. The van der Waals surface area contributed by atoms with Crippen LogP contribution in [0.25, 0.3) is 0 Å². The number of carboxylic acids is 2. The van der Waals surface area contributed by atoms with E-state index in [1.165, 1.54) is 12.1 Å². The van der Waals surface area contributed by atoms with Crippen molar-refractivity contribution >= 4 is 23.5 Å². The maximum atomic E-state index is 11.8. The van der Waals surface area contributed by atoms with Crippen LogP contribution >= 0.6 is 0 Å². The maximum Gasteiger partial charge on any atom is 0.335 e. The fourth-order valence-electron chi connectivity index (χ4n) is 1.44. The summed E-state index contributed by atoms with van der Waals surface area (Å²) >= 11 is 0. The number of carbonyl (C=O) groups excluding carboxylic acids is 1. The second-order valence-corrected chi connectivity index (χ2v) is 4.55. The predicted octanol–water partition coefficient (Wildman–Crippen LogP) is 1.00. The number of aromatic carboxylic acids is 2. The number of carbonyl (C=O) groups is 3. The first-order valence-corrected chi connectivity index (χ1v) is 5.90. The van der Waals surface area contributed by atoms with Crippen molar-refractivity contribution in [2.24, 2.45) is 11.7 Å². The molecule has 0 heterocycles. The number of benzene rings is 1. The lowest BCUT2D eigenvalue weighted by molar-refractivity contribution is -0.119. The molecule has 108 valence electrons. The van der Waals surface area contributed by atoms with Crippen LogP contribution in [-0.2, 0) is 4.79 Å². The summed E-state index contributed by atoms with van der Waals surface area (Å²) in [4.78, 5) is 33.7. The lowest BCUT2D eigenvalue weighted by Crippen LogP contribution is -2.34. The van der Waals surface area contributed by atoms with Gasteiger partial charge in [-0.3, -0.25) is 4.79 Å². The van der Waals surface area contributed by atoms with Crippen LogP contribution < -0.4 is 11.1 Å². The van der Waals surface area contributed by atoms with Gasteiger partial charge in [-0.15, -0.1) is 0 Å². The van der Waals surface area contributed by atoms with E-state index >= 15 is 0 Å². The van der Waals surface area contributed by atoms with Crippen LogP contribution in [0, 0.1) is 5.92 Å². The largest absolute Gasteiger partial charge is 0.478 e. The number of anilines is 1. The molecule has 0 saturated heterocycles. The van der Waals surface area contributed by atoms with Gasteiger partial charge in [-0.05, 0) is 25.1 Å². The van der Waals surface area contributed by atoms with Crippen molar-refractivity contribution in [1.29, 1.82) is 0 Å². The third-order valence-corrected chi connectivity index (χ3v) is 2.90. The smallest absolute Gasteiger partial charge is 0.335 e. The zero-order chi connectivity index (χ0) is 15.4. The van der Waals surface area contributed by atoms with Gasteiger partial charge in [0.05, 0.1) is 17.0 Å². The van der Waals surface area contributed by atoms with E-state index in [9.17, 15) is 14.4 Å². The second-order valence-electron chi connectivity index (χ2n) is 4.55. The third kappa shape index (κ3) is 3.79. The Morgan fingerprint density at radius 1 is 1.05 bits per heavy atom. The van der Waals surface area contributed by atoms with Gasteiger partial charge in [-0.25, -0.2) is 9.59 Å². The summed E-state index contributed by atoms with van der Waals surface area (Å²) in [6.07, 6.45) is 0. The van der Waals surface area contributed by atoms with Gasteiger partial charge in [0.2, 0.25) is 5.91 Å². The van der Waals surface area contributed by atoms with Gasteiger partial charge in [0, 0.05) is 11.7 Å². The zero-order valence-corrected chi connectivity index (χ0v) is 11.1. The van der Waals surface area contributed by atoms with E-state index in [-0.39, 0.29) is 22.9 Å². The van der Waals surface area contributed by atoms with Gasteiger partial charge in [0.15, 0.2) is 0 Å². The topological polar surface area (TPSA) is 130 Å². The quantitative estimate of drug-likeness (QED) is 0.636. The number of rotatable bonds is 5. The van der Waals surface area contributed by atoms with E-state index in [1.807, 2.05) is 0 Å². The molecule has 0 radical (unpaired) electrons. The molecule has 0 aliphatic rings. The van der Waals surface area contributed by atoms with Crippen molar-refractivity contribution in [3.8, 4) is 0 Å². The van der Waals surface area contributed by atoms with Crippen molar-refractivity contribution in [1.82, 2.24) is 0 Å². The third-order valence-electron chi connectivity index (χ3n) is 2.90. The highest BCUT2D eigenvalue weighted by Gasteiger charge is 2.18. The van der Waals surface area contributed by atoms with E-state index < -0.39 is 23.8 Å². The predicted molar refractivity (Wildman–Crippen MR) is 71.8 cm³/mol.